The van der Waals surface area contributed by atoms with Gasteiger partial charge in [-0.15, -0.1) is 11.3 Å². The highest BCUT2D eigenvalue weighted by atomic mass is 32.1. The third kappa shape index (κ3) is 3.90. The summed E-state index contributed by atoms with van der Waals surface area (Å²) in [5, 5.41) is 9.99. The molecule has 0 radical (unpaired) electrons. The van der Waals surface area contributed by atoms with Crippen molar-refractivity contribution in [2.45, 2.75) is 0 Å². The fourth-order valence-electron chi connectivity index (χ4n) is 8.57. The molecule has 242 valence electrons. The molecular weight excluding hydrogens is 653 g/mol. The van der Waals surface area contributed by atoms with Crippen molar-refractivity contribution in [3.8, 4) is 11.1 Å². The van der Waals surface area contributed by atoms with Crippen molar-refractivity contribution in [1.29, 1.82) is 0 Å². The number of thiophene rings is 1. The van der Waals surface area contributed by atoms with Gasteiger partial charge in [0.2, 0.25) is 0 Å². The van der Waals surface area contributed by atoms with E-state index < -0.39 is 0 Å². The van der Waals surface area contributed by atoms with Gasteiger partial charge in [0, 0.05) is 75.6 Å². The Bertz CT molecular complexity index is 3360. The molecule has 0 aliphatic heterocycles. The van der Waals surface area contributed by atoms with Crippen LogP contribution in [-0.2, 0) is 0 Å². The standard InChI is InChI=1S/C48H28N2OS/c1-4-13-42-34(8-1)38-11-7-12-39-40-27-32(22-24-43(40)50(42)48(38)39)49(33-21-23-36-35-9-2-5-14-44(35)51-45(36)28-33)31-19-16-29(17-20-31)30-18-25-47-41(26-30)37-10-3-6-15-46(37)52-47/h1-28H. The minimum absolute atomic E-state index is 0.880. The Labute approximate surface area is 302 Å². The van der Waals surface area contributed by atoms with E-state index in [1.807, 2.05) is 23.5 Å². The number of anilines is 3. The van der Waals surface area contributed by atoms with Gasteiger partial charge in [-0.2, -0.15) is 0 Å². The summed E-state index contributed by atoms with van der Waals surface area (Å²) < 4.78 is 11.5. The molecule has 3 nitrogen and oxygen atoms in total. The fourth-order valence-corrected chi connectivity index (χ4v) is 9.66. The summed E-state index contributed by atoms with van der Waals surface area (Å²) in [4.78, 5) is 2.36. The zero-order valence-corrected chi connectivity index (χ0v) is 28.7. The van der Waals surface area contributed by atoms with Crippen LogP contribution in [0.4, 0.5) is 17.1 Å². The van der Waals surface area contributed by atoms with Gasteiger partial charge in [-0.1, -0.05) is 91.0 Å². The number of nitrogens with zero attached hydrogens (tertiary/aromatic N) is 2. The summed E-state index contributed by atoms with van der Waals surface area (Å²) in [7, 11) is 0. The Morgan fingerprint density at radius 3 is 1.92 bits per heavy atom. The molecule has 0 saturated carbocycles. The molecule has 0 spiro atoms. The predicted molar refractivity (Wildman–Crippen MR) is 221 cm³/mol. The maximum atomic E-state index is 6.41. The quantitative estimate of drug-likeness (QED) is 0.184. The normalized spacial score (nSPS) is 12.2. The van der Waals surface area contributed by atoms with Gasteiger partial charge in [0.1, 0.15) is 11.2 Å². The summed E-state index contributed by atoms with van der Waals surface area (Å²) in [6, 6.07) is 61.8. The molecule has 0 unspecified atom stereocenters. The highest BCUT2D eigenvalue weighted by Crippen LogP contribution is 2.44. The van der Waals surface area contributed by atoms with Crippen LogP contribution in [0.25, 0.3) is 91.3 Å². The second-order valence-corrected chi connectivity index (χ2v) is 14.8. The van der Waals surface area contributed by atoms with Gasteiger partial charge in [-0.05, 0) is 83.9 Å². The summed E-state index contributed by atoms with van der Waals surface area (Å²) in [6.45, 7) is 0. The van der Waals surface area contributed by atoms with Crippen LogP contribution in [0.5, 0.6) is 0 Å². The summed E-state index contributed by atoms with van der Waals surface area (Å²) in [5.41, 5.74) is 11.2. The van der Waals surface area contributed by atoms with Crippen molar-refractivity contribution >= 4 is 109 Å². The number of fused-ring (bicyclic) bond motifs is 12. The molecule has 52 heavy (non-hydrogen) atoms. The number of rotatable bonds is 4. The lowest BCUT2D eigenvalue weighted by atomic mass is 10.0. The number of furan rings is 1. The third-order valence-electron chi connectivity index (χ3n) is 10.9. The van der Waals surface area contributed by atoms with E-state index in [0.717, 1.165) is 39.0 Å². The van der Waals surface area contributed by atoms with E-state index in [9.17, 15) is 0 Å². The van der Waals surface area contributed by atoms with E-state index in [4.69, 9.17) is 4.42 Å². The van der Waals surface area contributed by atoms with Gasteiger partial charge in [0.05, 0.1) is 16.6 Å². The topological polar surface area (TPSA) is 20.8 Å². The smallest absolute Gasteiger partial charge is 0.137 e. The highest BCUT2D eigenvalue weighted by molar-refractivity contribution is 7.25. The van der Waals surface area contributed by atoms with Crippen molar-refractivity contribution in [3.05, 3.63) is 170 Å². The van der Waals surface area contributed by atoms with E-state index in [-0.39, 0.29) is 0 Å². The zero-order valence-electron chi connectivity index (χ0n) is 27.9. The molecule has 0 aliphatic carbocycles. The van der Waals surface area contributed by atoms with Crippen LogP contribution in [0.1, 0.15) is 0 Å². The Morgan fingerprint density at radius 2 is 1.02 bits per heavy atom. The van der Waals surface area contributed by atoms with E-state index in [1.165, 1.54) is 69.4 Å². The van der Waals surface area contributed by atoms with Crippen molar-refractivity contribution in [3.63, 3.8) is 0 Å². The van der Waals surface area contributed by atoms with E-state index in [2.05, 4.69) is 167 Å². The molecule has 0 aliphatic rings. The first-order valence-corrected chi connectivity index (χ1v) is 18.5. The number of benzene rings is 8. The van der Waals surface area contributed by atoms with Crippen LogP contribution >= 0.6 is 11.3 Å². The van der Waals surface area contributed by atoms with Crippen LogP contribution in [0.3, 0.4) is 0 Å². The first-order chi connectivity index (χ1) is 25.8. The molecule has 12 rings (SSSR count). The van der Waals surface area contributed by atoms with Crippen LogP contribution in [0, 0.1) is 0 Å². The lowest BCUT2D eigenvalue weighted by Crippen LogP contribution is -2.09. The summed E-state index contributed by atoms with van der Waals surface area (Å²) in [5.74, 6) is 0. The van der Waals surface area contributed by atoms with Gasteiger partial charge in [0.15, 0.2) is 0 Å². The minimum Gasteiger partial charge on any atom is -0.456 e. The molecule has 4 heteroatoms. The first kappa shape index (κ1) is 28.1. The molecule has 0 bridgehead atoms. The predicted octanol–water partition coefficient (Wildman–Crippen LogP) is 14.2. The van der Waals surface area contributed by atoms with Gasteiger partial charge in [-0.25, -0.2) is 0 Å². The molecule has 4 aromatic heterocycles. The Kier molecular flexibility index (Phi) is 5.65. The van der Waals surface area contributed by atoms with Crippen molar-refractivity contribution < 1.29 is 4.42 Å². The second-order valence-electron chi connectivity index (χ2n) is 13.7. The maximum Gasteiger partial charge on any atom is 0.137 e. The summed E-state index contributed by atoms with van der Waals surface area (Å²) >= 11 is 1.86. The molecule has 0 atom stereocenters. The average Bonchev–Trinajstić information content (AvgIpc) is 3.95. The molecule has 12 aromatic rings. The second kappa shape index (κ2) is 10.5. The maximum absolute atomic E-state index is 6.41. The highest BCUT2D eigenvalue weighted by Gasteiger charge is 2.20. The lowest BCUT2D eigenvalue weighted by Gasteiger charge is -2.26. The fraction of sp³-hybridized carbons (Fsp3) is 0. The average molecular weight is 681 g/mol. The Balaban J connectivity index is 1.04. The Morgan fingerprint density at radius 1 is 0.385 bits per heavy atom. The Hall–Kier alpha value is -6.62. The van der Waals surface area contributed by atoms with E-state index in [1.54, 1.807) is 0 Å². The minimum atomic E-state index is 0.880. The van der Waals surface area contributed by atoms with Crippen molar-refractivity contribution in [2.75, 3.05) is 4.90 Å². The molecular formula is C48H28N2OS. The van der Waals surface area contributed by atoms with Crippen LogP contribution in [0.2, 0.25) is 0 Å². The van der Waals surface area contributed by atoms with Gasteiger partial charge in [-0.3, -0.25) is 0 Å². The molecule has 0 saturated heterocycles. The molecule has 8 aromatic carbocycles. The van der Waals surface area contributed by atoms with Gasteiger partial charge < -0.3 is 13.7 Å². The monoisotopic (exact) mass is 680 g/mol. The van der Waals surface area contributed by atoms with Gasteiger partial charge in [0.25, 0.3) is 0 Å². The number of para-hydroxylation sites is 3. The lowest BCUT2D eigenvalue weighted by molar-refractivity contribution is 0.669. The van der Waals surface area contributed by atoms with E-state index >= 15 is 0 Å². The number of hydrogen-bond acceptors (Lipinski definition) is 3. The molecule has 4 heterocycles. The number of aromatic nitrogens is 1. The van der Waals surface area contributed by atoms with Crippen molar-refractivity contribution in [2.24, 2.45) is 0 Å². The summed E-state index contributed by atoms with van der Waals surface area (Å²) in [6.07, 6.45) is 0. The number of hydrogen-bond donors (Lipinski definition) is 0. The zero-order chi connectivity index (χ0) is 33.9. The largest absolute Gasteiger partial charge is 0.456 e. The molecule has 0 amide bonds. The molecule has 0 N–H and O–H groups in total. The van der Waals surface area contributed by atoms with Crippen LogP contribution in [-0.4, -0.2) is 4.40 Å². The first-order valence-electron chi connectivity index (χ1n) is 17.7. The van der Waals surface area contributed by atoms with Gasteiger partial charge >= 0.3 is 0 Å². The molecule has 0 fully saturated rings. The van der Waals surface area contributed by atoms with Crippen LogP contribution in [0.15, 0.2) is 174 Å². The van der Waals surface area contributed by atoms with Crippen molar-refractivity contribution in [1.82, 2.24) is 4.40 Å². The van der Waals surface area contributed by atoms with Crippen LogP contribution < -0.4 is 4.90 Å². The third-order valence-corrected chi connectivity index (χ3v) is 12.1. The SMILES string of the molecule is c1ccc2c(c1)oc1cc(N(c3ccc(-c4ccc5sc6ccccc6c5c4)cc3)c3ccc4c(c3)c3cccc5c6ccccc6n4c53)ccc12. The van der Waals surface area contributed by atoms with E-state index in [0.29, 0.717) is 0 Å².